The number of aliphatic carboxylic acids is 1. The van der Waals surface area contributed by atoms with Crippen LogP contribution in [0.5, 0.6) is 5.75 Å². The fraction of sp³-hybridized carbons (Fsp3) is 0.467. The molecular formula is C15H21NO5. The molecule has 0 bridgehead atoms. The maximum atomic E-state index is 11.6. The number of benzene rings is 1. The molecule has 1 amide bonds. The molecule has 0 unspecified atom stereocenters. The van der Waals surface area contributed by atoms with Gasteiger partial charge in [-0.3, -0.25) is 4.79 Å². The van der Waals surface area contributed by atoms with Gasteiger partial charge in [0.25, 0.3) is 5.91 Å². The minimum Gasteiger partial charge on any atom is -0.484 e. The van der Waals surface area contributed by atoms with Crippen LogP contribution in [0, 0.1) is 0 Å². The number of ether oxygens (including phenoxy) is 1. The minimum atomic E-state index is -1.34. The molecule has 6 heteroatoms. The Balaban J connectivity index is 2.57. The minimum absolute atomic E-state index is 0.307. The first-order chi connectivity index (χ1) is 9.81. The topological polar surface area (TPSA) is 95.9 Å². The fourth-order valence-corrected chi connectivity index (χ4v) is 1.72. The molecule has 116 valence electrons. The van der Waals surface area contributed by atoms with Crippen LogP contribution in [0.2, 0.25) is 0 Å². The summed E-state index contributed by atoms with van der Waals surface area (Å²) in [5.41, 5.74) is 1.08. The van der Waals surface area contributed by atoms with E-state index in [0.717, 1.165) is 5.56 Å². The zero-order chi connectivity index (χ0) is 16.0. The summed E-state index contributed by atoms with van der Waals surface area (Å²) >= 11 is 0. The third kappa shape index (κ3) is 5.43. The molecule has 1 aromatic rings. The maximum Gasteiger partial charge on any atom is 0.328 e. The van der Waals surface area contributed by atoms with Crippen LogP contribution < -0.4 is 10.1 Å². The molecule has 0 aliphatic rings. The highest BCUT2D eigenvalue weighted by Crippen LogP contribution is 2.19. The van der Waals surface area contributed by atoms with Gasteiger partial charge < -0.3 is 20.3 Å². The Kier molecular flexibility index (Phi) is 6.17. The summed E-state index contributed by atoms with van der Waals surface area (Å²) in [6.45, 7) is 5.09. The Bertz CT molecular complexity index is 499. The number of carbonyl (C=O) groups is 2. The largest absolute Gasteiger partial charge is 0.484 e. The van der Waals surface area contributed by atoms with Gasteiger partial charge in [0.15, 0.2) is 12.6 Å². The molecule has 0 fully saturated rings. The van der Waals surface area contributed by atoms with E-state index in [4.69, 9.17) is 9.84 Å². The molecule has 6 nitrogen and oxygen atoms in total. The van der Waals surface area contributed by atoms with E-state index in [9.17, 15) is 14.7 Å². The molecule has 0 saturated carbocycles. The molecule has 0 aliphatic heterocycles. The molecule has 0 radical (unpaired) electrons. The summed E-state index contributed by atoms with van der Waals surface area (Å²) in [4.78, 5) is 22.5. The molecule has 1 rings (SSSR count). The van der Waals surface area contributed by atoms with Gasteiger partial charge >= 0.3 is 5.97 Å². The van der Waals surface area contributed by atoms with Crippen molar-refractivity contribution in [3.05, 3.63) is 29.8 Å². The van der Waals surface area contributed by atoms with Crippen molar-refractivity contribution < 1.29 is 24.5 Å². The maximum absolute atomic E-state index is 11.6. The zero-order valence-corrected chi connectivity index (χ0v) is 12.4. The van der Waals surface area contributed by atoms with Gasteiger partial charge in [-0.15, -0.1) is 0 Å². The second-order valence-corrected chi connectivity index (χ2v) is 5.14. The Morgan fingerprint density at radius 1 is 1.29 bits per heavy atom. The SMILES string of the molecule is CC(C)c1cccc(OCC(=O)N[C@H](C(=O)O)[C@@H](C)O)c1. The van der Waals surface area contributed by atoms with Crippen LogP contribution in [-0.2, 0) is 9.59 Å². The molecule has 0 aromatic heterocycles. The number of rotatable bonds is 7. The van der Waals surface area contributed by atoms with Crippen LogP contribution in [0.4, 0.5) is 0 Å². The van der Waals surface area contributed by atoms with E-state index in [1.165, 1.54) is 6.92 Å². The number of carboxylic acid groups (broad SMARTS) is 1. The van der Waals surface area contributed by atoms with Crippen molar-refractivity contribution in [1.29, 1.82) is 0 Å². The molecular weight excluding hydrogens is 274 g/mol. The van der Waals surface area contributed by atoms with Gasteiger partial charge in [-0.25, -0.2) is 4.79 Å². The van der Waals surface area contributed by atoms with E-state index in [2.05, 4.69) is 5.32 Å². The Morgan fingerprint density at radius 3 is 2.48 bits per heavy atom. The average Bonchev–Trinajstić information content (AvgIpc) is 2.42. The average molecular weight is 295 g/mol. The summed E-state index contributed by atoms with van der Waals surface area (Å²) in [5, 5.41) is 20.3. The van der Waals surface area contributed by atoms with Crippen molar-refractivity contribution in [2.24, 2.45) is 0 Å². The lowest BCUT2D eigenvalue weighted by atomic mass is 10.0. The molecule has 0 heterocycles. The molecule has 21 heavy (non-hydrogen) atoms. The van der Waals surface area contributed by atoms with Crippen molar-refractivity contribution in [2.75, 3.05) is 6.61 Å². The molecule has 2 atom stereocenters. The highest BCUT2D eigenvalue weighted by Gasteiger charge is 2.24. The third-order valence-electron chi connectivity index (χ3n) is 2.96. The number of hydrogen-bond acceptors (Lipinski definition) is 4. The van der Waals surface area contributed by atoms with Crippen molar-refractivity contribution in [2.45, 2.75) is 38.8 Å². The van der Waals surface area contributed by atoms with Crippen molar-refractivity contribution in [3.63, 3.8) is 0 Å². The van der Waals surface area contributed by atoms with Gasteiger partial charge in [-0.1, -0.05) is 26.0 Å². The second kappa shape index (κ2) is 7.64. The summed E-state index contributed by atoms with van der Waals surface area (Å²) in [6, 6.07) is 6.01. The van der Waals surface area contributed by atoms with Crippen LogP contribution in [0.15, 0.2) is 24.3 Å². The number of carbonyl (C=O) groups excluding carboxylic acids is 1. The Labute approximate surface area is 123 Å². The van der Waals surface area contributed by atoms with E-state index < -0.39 is 24.0 Å². The van der Waals surface area contributed by atoms with E-state index in [0.29, 0.717) is 11.7 Å². The van der Waals surface area contributed by atoms with E-state index >= 15 is 0 Å². The van der Waals surface area contributed by atoms with E-state index in [-0.39, 0.29) is 6.61 Å². The molecule has 1 aromatic carbocycles. The number of aliphatic hydroxyl groups excluding tert-OH is 1. The molecule has 0 aliphatic carbocycles. The highest BCUT2D eigenvalue weighted by molar-refractivity contribution is 5.84. The molecule has 0 saturated heterocycles. The van der Waals surface area contributed by atoms with Crippen LogP contribution in [-0.4, -0.2) is 40.8 Å². The number of nitrogens with one attached hydrogen (secondary N) is 1. The van der Waals surface area contributed by atoms with Gasteiger partial charge in [-0.05, 0) is 30.5 Å². The van der Waals surface area contributed by atoms with Crippen molar-refractivity contribution >= 4 is 11.9 Å². The number of amides is 1. The quantitative estimate of drug-likeness (QED) is 0.701. The van der Waals surface area contributed by atoms with Crippen LogP contribution in [0.3, 0.4) is 0 Å². The third-order valence-corrected chi connectivity index (χ3v) is 2.96. The van der Waals surface area contributed by atoms with E-state index in [1.54, 1.807) is 6.07 Å². The summed E-state index contributed by atoms with van der Waals surface area (Å²) < 4.78 is 5.33. The molecule has 3 N–H and O–H groups in total. The van der Waals surface area contributed by atoms with Gasteiger partial charge in [0.2, 0.25) is 0 Å². The van der Waals surface area contributed by atoms with E-state index in [1.807, 2.05) is 32.0 Å². The zero-order valence-electron chi connectivity index (χ0n) is 12.4. The predicted molar refractivity (Wildman–Crippen MR) is 77.3 cm³/mol. The Morgan fingerprint density at radius 2 is 1.95 bits per heavy atom. The first-order valence-corrected chi connectivity index (χ1v) is 6.74. The lowest BCUT2D eigenvalue weighted by Crippen LogP contribution is -2.49. The van der Waals surface area contributed by atoms with Crippen molar-refractivity contribution in [1.82, 2.24) is 5.32 Å². The van der Waals surface area contributed by atoms with Gasteiger partial charge in [0.1, 0.15) is 5.75 Å². The Hall–Kier alpha value is -2.08. The lowest BCUT2D eigenvalue weighted by molar-refractivity contribution is -0.145. The number of carboxylic acids is 1. The smallest absolute Gasteiger partial charge is 0.328 e. The van der Waals surface area contributed by atoms with Crippen LogP contribution >= 0.6 is 0 Å². The van der Waals surface area contributed by atoms with Gasteiger partial charge in [0, 0.05) is 0 Å². The van der Waals surface area contributed by atoms with Gasteiger partial charge in [-0.2, -0.15) is 0 Å². The van der Waals surface area contributed by atoms with Crippen LogP contribution in [0.1, 0.15) is 32.3 Å². The first kappa shape index (κ1) is 17.0. The summed E-state index contributed by atoms with van der Waals surface area (Å²) in [5.74, 6) is -1.01. The predicted octanol–water partition coefficient (Wildman–Crippen LogP) is 1.14. The standard InChI is InChI=1S/C15H21NO5/c1-9(2)11-5-4-6-12(7-11)21-8-13(18)16-14(10(3)17)15(19)20/h4-7,9-10,14,17H,8H2,1-3H3,(H,16,18)(H,19,20)/t10-,14+/m1/s1. The van der Waals surface area contributed by atoms with Crippen molar-refractivity contribution in [3.8, 4) is 5.75 Å². The monoisotopic (exact) mass is 295 g/mol. The number of aliphatic hydroxyl groups is 1. The van der Waals surface area contributed by atoms with Gasteiger partial charge in [0.05, 0.1) is 6.10 Å². The second-order valence-electron chi connectivity index (χ2n) is 5.14. The fourth-order valence-electron chi connectivity index (χ4n) is 1.72. The lowest BCUT2D eigenvalue weighted by Gasteiger charge is -2.17. The first-order valence-electron chi connectivity index (χ1n) is 6.74. The highest BCUT2D eigenvalue weighted by atomic mass is 16.5. The summed E-state index contributed by atoms with van der Waals surface area (Å²) in [7, 11) is 0. The normalized spacial score (nSPS) is 13.6. The number of hydrogen-bond donors (Lipinski definition) is 3. The summed E-state index contributed by atoms with van der Waals surface area (Å²) in [6.07, 6.45) is -1.18. The molecule has 0 spiro atoms. The van der Waals surface area contributed by atoms with Crippen LogP contribution in [0.25, 0.3) is 0 Å².